The van der Waals surface area contributed by atoms with Gasteiger partial charge in [-0.3, -0.25) is 0 Å². The van der Waals surface area contributed by atoms with Crippen molar-refractivity contribution in [3.05, 3.63) is 121 Å². The molecule has 0 atom stereocenters. The van der Waals surface area contributed by atoms with Crippen molar-refractivity contribution in [2.45, 2.75) is 17.8 Å². The molecule has 0 saturated carbocycles. The molecule has 4 nitrogen and oxygen atoms in total. The Bertz CT molecular complexity index is 1830. The zero-order valence-corrected chi connectivity index (χ0v) is 20.9. The summed E-state index contributed by atoms with van der Waals surface area (Å²) in [4.78, 5) is 8.60. The SMILES string of the molecule is FC1(F)C(c2ccc(-n3ccc4cccnc43)cc2)=C(c2ccc(-n3ccc4cccnc43)cc2)C(F)(F)C1(F)F. The van der Waals surface area contributed by atoms with Gasteiger partial charge in [0.05, 0.1) is 0 Å². The van der Waals surface area contributed by atoms with Gasteiger partial charge < -0.3 is 9.13 Å². The fourth-order valence-electron chi connectivity index (χ4n) is 5.40. The van der Waals surface area contributed by atoms with Crippen LogP contribution >= 0.6 is 0 Å². The maximum atomic E-state index is 15.2. The molecule has 4 heterocycles. The third kappa shape index (κ3) is 3.49. The van der Waals surface area contributed by atoms with E-state index in [1.165, 1.54) is 24.3 Å². The average Bonchev–Trinajstić information content (AvgIpc) is 3.63. The molecular formula is C31H18F6N4. The lowest BCUT2D eigenvalue weighted by Crippen LogP contribution is -2.48. The molecule has 7 rings (SSSR count). The Morgan fingerprint density at radius 1 is 0.488 bits per heavy atom. The number of alkyl halides is 6. The normalized spacial score (nSPS) is 17.5. The van der Waals surface area contributed by atoms with Crippen LogP contribution in [0.2, 0.25) is 0 Å². The van der Waals surface area contributed by atoms with E-state index in [1.54, 1.807) is 58.2 Å². The molecule has 0 bridgehead atoms. The van der Waals surface area contributed by atoms with Gasteiger partial charge in [-0.15, -0.1) is 0 Å². The third-order valence-corrected chi connectivity index (χ3v) is 7.43. The van der Waals surface area contributed by atoms with Gasteiger partial charge in [0.2, 0.25) is 0 Å². The molecule has 0 amide bonds. The summed E-state index contributed by atoms with van der Waals surface area (Å²) in [7, 11) is 0. The summed E-state index contributed by atoms with van der Waals surface area (Å²) in [6.45, 7) is 0. The molecular weight excluding hydrogens is 542 g/mol. The lowest BCUT2D eigenvalue weighted by Gasteiger charge is -2.26. The Balaban J connectivity index is 1.35. The van der Waals surface area contributed by atoms with E-state index in [2.05, 4.69) is 9.97 Å². The lowest BCUT2D eigenvalue weighted by molar-refractivity contribution is -0.254. The van der Waals surface area contributed by atoms with Gasteiger partial charge >= 0.3 is 17.8 Å². The molecule has 0 aliphatic heterocycles. The van der Waals surface area contributed by atoms with Crippen LogP contribution in [0.5, 0.6) is 0 Å². The molecule has 0 unspecified atom stereocenters. The number of benzene rings is 2. The number of pyridine rings is 2. The number of rotatable bonds is 4. The van der Waals surface area contributed by atoms with Crippen LogP contribution in [0, 0.1) is 0 Å². The van der Waals surface area contributed by atoms with Crippen molar-refractivity contribution in [2.24, 2.45) is 0 Å². The highest BCUT2D eigenvalue weighted by Crippen LogP contribution is 2.64. The number of allylic oxidation sites excluding steroid dienone is 2. The first kappa shape index (κ1) is 25.1. The van der Waals surface area contributed by atoms with E-state index in [-0.39, 0.29) is 0 Å². The first-order chi connectivity index (χ1) is 19.6. The Morgan fingerprint density at radius 2 is 0.878 bits per heavy atom. The van der Waals surface area contributed by atoms with Gasteiger partial charge in [-0.05, 0) is 71.8 Å². The second-order valence-corrected chi connectivity index (χ2v) is 9.77. The van der Waals surface area contributed by atoms with Crippen LogP contribution in [0.25, 0.3) is 44.6 Å². The molecule has 2 aromatic carbocycles. The van der Waals surface area contributed by atoms with Crippen LogP contribution in [0.1, 0.15) is 11.1 Å². The van der Waals surface area contributed by atoms with Crippen molar-refractivity contribution in [3.63, 3.8) is 0 Å². The summed E-state index contributed by atoms with van der Waals surface area (Å²) < 4.78 is 93.9. The Kier molecular flexibility index (Phi) is 5.25. The van der Waals surface area contributed by atoms with Gasteiger partial charge in [-0.2, -0.15) is 26.3 Å². The molecule has 4 aromatic heterocycles. The number of aromatic nitrogens is 4. The Hall–Kier alpha value is -4.86. The standard InChI is InChI=1S/C31H18F6N4/c32-29(33)25(19-5-9-23(10-6-19)40-17-13-21-3-1-15-38-27(21)40)26(30(34,35)31(29,36)37)20-7-11-24(12-8-20)41-18-14-22-4-2-16-39-28(22)41/h1-18H. The highest BCUT2D eigenvalue weighted by Gasteiger charge is 2.80. The molecule has 0 spiro atoms. The number of fused-ring (bicyclic) bond motifs is 2. The molecule has 0 fully saturated rings. The minimum atomic E-state index is -5.64. The third-order valence-electron chi connectivity index (χ3n) is 7.43. The fraction of sp³-hybridized carbons (Fsp3) is 0.0968. The van der Waals surface area contributed by atoms with Gasteiger partial charge in [0, 0.05) is 58.1 Å². The summed E-state index contributed by atoms with van der Waals surface area (Å²) >= 11 is 0. The fourth-order valence-corrected chi connectivity index (χ4v) is 5.40. The Morgan fingerprint density at radius 3 is 1.27 bits per heavy atom. The quantitative estimate of drug-likeness (QED) is 0.204. The van der Waals surface area contributed by atoms with Crippen LogP contribution in [-0.4, -0.2) is 36.9 Å². The topological polar surface area (TPSA) is 35.6 Å². The molecule has 6 aromatic rings. The molecule has 1 aliphatic carbocycles. The first-order valence-electron chi connectivity index (χ1n) is 12.6. The van der Waals surface area contributed by atoms with E-state index >= 15 is 17.6 Å². The molecule has 41 heavy (non-hydrogen) atoms. The van der Waals surface area contributed by atoms with Gasteiger partial charge in [0.25, 0.3) is 0 Å². The summed E-state index contributed by atoms with van der Waals surface area (Å²) in [5.41, 5.74) is -1.49. The van der Waals surface area contributed by atoms with Crippen LogP contribution in [0.3, 0.4) is 0 Å². The summed E-state index contributed by atoms with van der Waals surface area (Å²) in [5, 5.41) is 1.66. The molecule has 10 heteroatoms. The zero-order valence-electron chi connectivity index (χ0n) is 20.9. The summed E-state index contributed by atoms with van der Waals surface area (Å²) in [5.74, 6) is -15.9. The lowest BCUT2D eigenvalue weighted by atomic mass is 9.94. The van der Waals surface area contributed by atoms with Crippen molar-refractivity contribution in [1.29, 1.82) is 0 Å². The van der Waals surface area contributed by atoms with Crippen LogP contribution in [-0.2, 0) is 0 Å². The highest BCUT2D eigenvalue weighted by molar-refractivity contribution is 6.01. The van der Waals surface area contributed by atoms with Crippen molar-refractivity contribution >= 4 is 33.2 Å². The largest absolute Gasteiger partial charge is 0.380 e. The minimum absolute atomic E-state index is 0.431. The molecule has 0 N–H and O–H groups in total. The second-order valence-electron chi connectivity index (χ2n) is 9.77. The molecule has 0 radical (unpaired) electrons. The smallest absolute Gasteiger partial charge is 0.301 e. The van der Waals surface area contributed by atoms with E-state index in [9.17, 15) is 8.78 Å². The Labute approximate surface area is 228 Å². The predicted molar refractivity (Wildman–Crippen MR) is 144 cm³/mol. The first-order valence-corrected chi connectivity index (χ1v) is 12.6. The maximum absolute atomic E-state index is 15.2. The van der Waals surface area contributed by atoms with E-state index < -0.39 is 40.0 Å². The molecule has 1 aliphatic rings. The van der Waals surface area contributed by atoms with Crippen LogP contribution in [0.15, 0.2) is 110 Å². The van der Waals surface area contributed by atoms with Gasteiger partial charge in [-0.1, -0.05) is 24.3 Å². The number of hydrogen-bond acceptors (Lipinski definition) is 2. The predicted octanol–water partition coefficient (Wildman–Crippen LogP) is 8.19. The maximum Gasteiger partial charge on any atom is 0.380 e. The number of nitrogens with zero attached hydrogens (tertiary/aromatic N) is 4. The van der Waals surface area contributed by atoms with Crippen molar-refractivity contribution < 1.29 is 26.3 Å². The van der Waals surface area contributed by atoms with Gasteiger partial charge in [-0.25, -0.2) is 9.97 Å². The zero-order chi connectivity index (χ0) is 28.6. The molecule has 0 saturated heterocycles. The summed E-state index contributed by atoms with van der Waals surface area (Å²) in [6, 6.07) is 21.0. The van der Waals surface area contributed by atoms with Gasteiger partial charge in [0.1, 0.15) is 11.3 Å². The second kappa shape index (κ2) is 8.57. The van der Waals surface area contributed by atoms with E-state index in [1.807, 2.05) is 12.1 Å². The van der Waals surface area contributed by atoms with Crippen molar-refractivity contribution in [3.8, 4) is 11.4 Å². The van der Waals surface area contributed by atoms with Crippen LogP contribution < -0.4 is 0 Å². The monoisotopic (exact) mass is 560 g/mol. The number of hydrogen-bond donors (Lipinski definition) is 0. The van der Waals surface area contributed by atoms with Crippen molar-refractivity contribution in [1.82, 2.24) is 19.1 Å². The van der Waals surface area contributed by atoms with Crippen molar-refractivity contribution in [2.75, 3.05) is 0 Å². The molecule has 204 valence electrons. The average molecular weight is 561 g/mol. The minimum Gasteiger partial charge on any atom is -0.301 e. The summed E-state index contributed by atoms with van der Waals surface area (Å²) in [6.07, 6.45) is 6.62. The van der Waals surface area contributed by atoms with Gasteiger partial charge in [0.15, 0.2) is 0 Å². The van der Waals surface area contributed by atoms with E-state index in [0.29, 0.717) is 22.7 Å². The van der Waals surface area contributed by atoms with Crippen LogP contribution in [0.4, 0.5) is 26.3 Å². The van der Waals surface area contributed by atoms with E-state index in [4.69, 9.17) is 0 Å². The number of halogens is 6. The van der Waals surface area contributed by atoms with E-state index in [0.717, 1.165) is 35.0 Å². The highest BCUT2D eigenvalue weighted by atomic mass is 19.3.